The summed E-state index contributed by atoms with van der Waals surface area (Å²) in [5.74, 6) is -2.11. The van der Waals surface area contributed by atoms with Crippen LogP contribution in [0.2, 0.25) is 0 Å². The van der Waals surface area contributed by atoms with Gasteiger partial charge in [0.2, 0.25) is 17.7 Å². The number of carbonyl (C=O) groups excluding carboxylic acids is 3. The molecule has 0 radical (unpaired) electrons. The molecule has 0 spiro atoms. The lowest BCUT2D eigenvalue weighted by molar-refractivity contribution is -0.138. The molecule has 1 N–H and O–H groups in total. The minimum Gasteiger partial charge on any atom is -0.489 e. The Bertz CT molecular complexity index is 2490. The molecule has 0 aliphatic carbocycles. The van der Waals surface area contributed by atoms with E-state index in [1.165, 1.54) is 61.6 Å². The molecule has 5 aromatic rings. The number of nitriles is 1. The number of thiocarbonyl (C=S) groups is 1. The second kappa shape index (κ2) is 16.4. The molecule has 19 heteroatoms. The first-order valence-electron chi connectivity index (χ1n) is 18.6. The first-order valence-corrected chi connectivity index (χ1v) is 19.1. The zero-order chi connectivity index (χ0) is 42.2. The number of piperazine rings is 1. The van der Waals surface area contributed by atoms with Crippen LogP contribution in [0.5, 0.6) is 5.75 Å². The molecule has 2 fully saturated rings. The molecule has 2 aromatic heterocycles. The molecular weight excluding hydrogens is 797 g/mol. The van der Waals surface area contributed by atoms with Crippen LogP contribution in [0.1, 0.15) is 55.3 Å². The summed E-state index contributed by atoms with van der Waals surface area (Å²) in [5, 5.41) is 16.2. The predicted molar refractivity (Wildman–Crippen MR) is 210 cm³/mol. The van der Waals surface area contributed by atoms with Gasteiger partial charge < -0.3 is 23.5 Å². The number of fused-ring (bicyclic) bond motifs is 2. The van der Waals surface area contributed by atoms with Gasteiger partial charge in [-0.05, 0) is 56.7 Å². The monoisotopic (exact) mass is 834 g/mol. The van der Waals surface area contributed by atoms with E-state index in [1.54, 1.807) is 12.1 Å². The number of imide groups is 1. The topological polar surface area (TPSA) is 161 Å². The number of amides is 3. The Labute approximate surface area is 340 Å². The van der Waals surface area contributed by atoms with Gasteiger partial charge in [0.15, 0.2) is 22.7 Å². The normalized spacial score (nSPS) is 16.9. The Kier molecular flexibility index (Phi) is 11.4. The Morgan fingerprint density at radius 3 is 2.47 bits per heavy atom. The number of halogens is 4. The van der Waals surface area contributed by atoms with Gasteiger partial charge in [-0.2, -0.15) is 18.4 Å². The number of benzene rings is 3. The summed E-state index contributed by atoms with van der Waals surface area (Å²) in [6, 6.07) is 12.1. The average Bonchev–Trinajstić information content (AvgIpc) is 3.79. The molecule has 0 bridgehead atoms. The molecule has 4 heterocycles. The van der Waals surface area contributed by atoms with Gasteiger partial charge in [-0.3, -0.25) is 29.5 Å². The molecule has 3 amide bonds. The summed E-state index contributed by atoms with van der Waals surface area (Å²) in [5.41, 5.74) is 0.161. The average molecular weight is 835 g/mol. The first kappa shape index (κ1) is 41.2. The van der Waals surface area contributed by atoms with Crippen molar-refractivity contribution in [3.8, 4) is 11.8 Å². The molecule has 1 atom stereocenters. The van der Waals surface area contributed by atoms with Gasteiger partial charge >= 0.3 is 6.18 Å². The van der Waals surface area contributed by atoms with E-state index < -0.39 is 46.4 Å². The fraction of sp³-hybridized carbons (Fsp3) is 0.375. The summed E-state index contributed by atoms with van der Waals surface area (Å²) in [7, 11) is 1.31. The van der Waals surface area contributed by atoms with E-state index in [0.29, 0.717) is 53.2 Å². The Morgan fingerprint density at radius 2 is 1.80 bits per heavy atom. The fourth-order valence-corrected chi connectivity index (χ4v) is 7.71. The highest BCUT2D eigenvalue weighted by Crippen LogP contribution is 2.36. The van der Waals surface area contributed by atoms with Crippen molar-refractivity contribution in [2.45, 2.75) is 50.9 Å². The summed E-state index contributed by atoms with van der Waals surface area (Å²) < 4.78 is 73.5. The predicted octanol–water partition coefficient (Wildman–Crippen LogP) is 5.92. The molecule has 2 saturated heterocycles. The Hall–Kier alpha value is -5.97. The number of nitrogens with one attached hydrogen (secondary N) is 1. The van der Waals surface area contributed by atoms with Gasteiger partial charge in [0.05, 0.1) is 35.2 Å². The summed E-state index contributed by atoms with van der Waals surface area (Å²) in [4.78, 5) is 49.2. The van der Waals surface area contributed by atoms with Crippen molar-refractivity contribution in [2.24, 2.45) is 0 Å². The van der Waals surface area contributed by atoms with Crippen molar-refractivity contribution in [3.05, 3.63) is 77.1 Å². The van der Waals surface area contributed by atoms with Crippen LogP contribution in [0, 0.1) is 17.1 Å². The highest BCUT2D eigenvalue weighted by atomic mass is 32.1. The number of oxazole rings is 1. The first-order chi connectivity index (χ1) is 28.1. The lowest BCUT2D eigenvalue weighted by Gasteiger charge is -2.38. The van der Waals surface area contributed by atoms with Crippen molar-refractivity contribution < 1.29 is 45.6 Å². The molecule has 308 valence electrons. The largest absolute Gasteiger partial charge is 0.489 e. The highest BCUT2D eigenvalue weighted by Gasteiger charge is 2.39. The molecule has 3 aromatic carbocycles. The van der Waals surface area contributed by atoms with E-state index >= 15 is 4.39 Å². The zero-order valence-corrected chi connectivity index (χ0v) is 33.0. The summed E-state index contributed by atoms with van der Waals surface area (Å²) in [6.07, 6.45) is -4.23. The standard InChI is InChI=1S/C40H38F4N8O6S/c1-39(2,38(55)49(3)24-5-4-23(20-45)28(16-24)40(42,43)44)52(22-59)25-6-8-31(29(41)17-25)56-15-14-50-10-12-51(13-11-50)21-35-46-30-18-27-32(19-33(30)57-35)58-48-36(27)26-7-9-34(53)47-37(26)54/h4-6,8,16-19,22,26H,7,9-15,21H2,1-3H3,(H,47,53,54). The molecule has 14 nitrogen and oxygen atoms in total. The number of hydrogen-bond donors (Lipinski definition) is 1. The van der Waals surface area contributed by atoms with Gasteiger partial charge in [0.25, 0.3) is 5.91 Å². The fourth-order valence-electron chi connectivity index (χ4n) is 7.32. The quantitative estimate of drug-likeness (QED) is 0.0897. The third kappa shape index (κ3) is 8.47. The SMILES string of the molecule is CN(C(=O)C(C)(C)N(C=S)c1ccc(OCCN2CCN(Cc3nc4cc5c(C6CCC(=O)NC6=O)noc5cc4o3)CC2)c(F)c1)c1ccc(C#N)c(C(F)(F)F)c1. The van der Waals surface area contributed by atoms with E-state index in [0.717, 1.165) is 43.2 Å². The van der Waals surface area contributed by atoms with E-state index in [9.17, 15) is 27.6 Å². The lowest BCUT2D eigenvalue weighted by Crippen LogP contribution is -2.55. The molecule has 1 unspecified atom stereocenters. The van der Waals surface area contributed by atoms with Crippen LogP contribution in [0.4, 0.5) is 28.9 Å². The van der Waals surface area contributed by atoms with E-state index in [1.807, 2.05) is 0 Å². The molecule has 2 aliphatic rings. The van der Waals surface area contributed by atoms with Crippen LogP contribution >= 0.6 is 12.2 Å². The van der Waals surface area contributed by atoms with Crippen LogP contribution in [-0.2, 0) is 27.1 Å². The van der Waals surface area contributed by atoms with E-state index in [2.05, 4.69) is 25.3 Å². The molecule has 0 saturated carbocycles. The smallest absolute Gasteiger partial charge is 0.417 e. The molecular formula is C40H38F4N8O6S. The van der Waals surface area contributed by atoms with Crippen molar-refractivity contribution in [3.63, 3.8) is 0 Å². The maximum absolute atomic E-state index is 15.4. The lowest BCUT2D eigenvalue weighted by atomic mass is 9.93. The van der Waals surface area contributed by atoms with Crippen LogP contribution in [0.25, 0.3) is 22.1 Å². The Balaban J connectivity index is 0.911. The van der Waals surface area contributed by atoms with Gasteiger partial charge in [0.1, 0.15) is 23.4 Å². The van der Waals surface area contributed by atoms with Gasteiger partial charge in [-0.15, -0.1) is 0 Å². The second-order valence-electron chi connectivity index (χ2n) is 14.8. The molecule has 59 heavy (non-hydrogen) atoms. The van der Waals surface area contributed by atoms with Crippen molar-refractivity contribution >= 4 is 68.9 Å². The van der Waals surface area contributed by atoms with Gasteiger partial charge in [-0.25, -0.2) is 9.37 Å². The maximum atomic E-state index is 15.4. The number of piperidine rings is 1. The highest BCUT2D eigenvalue weighted by molar-refractivity contribution is 7.79. The number of anilines is 2. The maximum Gasteiger partial charge on any atom is 0.417 e. The van der Waals surface area contributed by atoms with Crippen LogP contribution in [-0.4, -0.2) is 95.1 Å². The number of carbonyl (C=O) groups is 3. The van der Waals surface area contributed by atoms with Crippen LogP contribution < -0.4 is 19.9 Å². The Morgan fingerprint density at radius 1 is 1.07 bits per heavy atom. The van der Waals surface area contributed by atoms with Crippen molar-refractivity contribution in [1.82, 2.24) is 25.3 Å². The van der Waals surface area contributed by atoms with Gasteiger partial charge in [0, 0.05) is 75.1 Å². The minimum atomic E-state index is -4.81. The van der Waals surface area contributed by atoms with Crippen LogP contribution in [0.15, 0.2) is 57.5 Å². The second-order valence-corrected chi connectivity index (χ2v) is 15.0. The van der Waals surface area contributed by atoms with E-state index in [-0.39, 0.29) is 36.1 Å². The summed E-state index contributed by atoms with van der Waals surface area (Å²) in [6.45, 7) is 7.12. The number of nitrogens with zero attached hydrogens (tertiary/aromatic N) is 7. The minimum absolute atomic E-state index is 0.00180. The third-order valence-corrected chi connectivity index (χ3v) is 10.9. The number of ether oxygens (including phenoxy) is 1. The van der Waals surface area contributed by atoms with Crippen molar-refractivity contribution in [1.29, 1.82) is 5.26 Å². The number of alkyl halides is 3. The summed E-state index contributed by atoms with van der Waals surface area (Å²) >= 11 is 5.20. The number of hydrogen-bond acceptors (Lipinski definition) is 12. The number of aromatic nitrogens is 2. The number of rotatable bonds is 12. The molecule has 2 aliphatic heterocycles. The van der Waals surface area contributed by atoms with Gasteiger partial charge in [-0.1, -0.05) is 17.4 Å². The van der Waals surface area contributed by atoms with Crippen LogP contribution in [0.3, 0.4) is 0 Å². The van der Waals surface area contributed by atoms with E-state index in [4.69, 9.17) is 31.2 Å². The third-order valence-electron chi connectivity index (χ3n) is 10.7. The zero-order valence-electron chi connectivity index (χ0n) is 32.1. The number of likely N-dealkylation sites (N-methyl/N-ethyl adjacent to an activating group) is 1. The molecule has 7 rings (SSSR count). The van der Waals surface area contributed by atoms with Crippen molar-refractivity contribution in [2.75, 3.05) is 56.2 Å².